The molecule has 1 unspecified atom stereocenters. The SMILES string of the molecule is CCOc1ccc2nc(N(CCN(CC)CC)C(=O)C3CCCN3S(=O)(=O)c3ccc(Cl)cc3)sc2c1. The van der Waals surface area contributed by atoms with Crippen LogP contribution < -0.4 is 9.64 Å². The van der Waals surface area contributed by atoms with Crippen LogP contribution in [0, 0.1) is 0 Å². The number of thiazole rings is 1. The van der Waals surface area contributed by atoms with Crippen molar-refractivity contribution in [2.75, 3.05) is 44.2 Å². The second-order valence-electron chi connectivity index (χ2n) is 8.80. The summed E-state index contributed by atoms with van der Waals surface area (Å²) in [6.07, 6.45) is 1.08. The molecular formula is C26H33ClN4O4S2. The van der Waals surface area contributed by atoms with Crippen molar-refractivity contribution in [3.8, 4) is 5.75 Å². The van der Waals surface area contributed by atoms with Gasteiger partial charge in [-0.15, -0.1) is 0 Å². The Balaban J connectivity index is 1.67. The maximum atomic E-state index is 14.0. The Bertz CT molecular complexity index is 1330. The third kappa shape index (κ3) is 6.09. The summed E-state index contributed by atoms with van der Waals surface area (Å²) in [7, 11) is -3.86. The van der Waals surface area contributed by atoms with Crippen molar-refractivity contribution >= 4 is 54.2 Å². The zero-order valence-corrected chi connectivity index (χ0v) is 23.8. The molecule has 0 aliphatic carbocycles. The molecule has 1 fully saturated rings. The predicted octanol–water partition coefficient (Wildman–Crippen LogP) is 4.88. The van der Waals surface area contributed by atoms with Gasteiger partial charge in [-0.25, -0.2) is 13.4 Å². The van der Waals surface area contributed by atoms with E-state index in [0.29, 0.717) is 49.2 Å². The van der Waals surface area contributed by atoms with Gasteiger partial charge >= 0.3 is 0 Å². The predicted molar refractivity (Wildman–Crippen MR) is 149 cm³/mol. The van der Waals surface area contributed by atoms with E-state index in [-0.39, 0.29) is 10.8 Å². The number of benzene rings is 2. The van der Waals surface area contributed by atoms with Crippen molar-refractivity contribution in [1.29, 1.82) is 0 Å². The van der Waals surface area contributed by atoms with Crippen LogP contribution in [0.15, 0.2) is 47.4 Å². The number of aromatic nitrogens is 1. The summed E-state index contributed by atoms with van der Waals surface area (Å²) in [5.41, 5.74) is 0.779. The maximum Gasteiger partial charge on any atom is 0.247 e. The highest BCUT2D eigenvalue weighted by Gasteiger charge is 2.42. The number of amides is 1. The van der Waals surface area contributed by atoms with E-state index in [9.17, 15) is 13.2 Å². The summed E-state index contributed by atoms with van der Waals surface area (Å²) >= 11 is 7.39. The largest absolute Gasteiger partial charge is 0.494 e. The Morgan fingerprint density at radius 3 is 2.54 bits per heavy atom. The van der Waals surface area contributed by atoms with E-state index in [1.54, 1.807) is 17.0 Å². The molecule has 1 aromatic heterocycles. The van der Waals surface area contributed by atoms with Gasteiger partial charge in [0.05, 0.1) is 21.7 Å². The van der Waals surface area contributed by atoms with Crippen molar-refractivity contribution < 1.29 is 17.9 Å². The molecule has 0 N–H and O–H groups in total. The lowest BCUT2D eigenvalue weighted by molar-refractivity contribution is -0.121. The Labute approximate surface area is 227 Å². The van der Waals surface area contributed by atoms with Gasteiger partial charge in [-0.05, 0) is 75.3 Å². The number of halogens is 1. The summed E-state index contributed by atoms with van der Waals surface area (Å²) in [5, 5.41) is 1.02. The molecule has 1 aliphatic heterocycles. The number of hydrogen-bond acceptors (Lipinski definition) is 7. The molecule has 1 amide bonds. The number of anilines is 1. The van der Waals surface area contributed by atoms with E-state index in [1.807, 2.05) is 25.1 Å². The molecule has 4 rings (SSSR count). The fourth-order valence-corrected chi connectivity index (χ4v) is 7.34. The first-order chi connectivity index (χ1) is 17.8. The van der Waals surface area contributed by atoms with E-state index in [0.717, 1.165) is 29.1 Å². The normalized spacial score (nSPS) is 16.5. The van der Waals surface area contributed by atoms with Gasteiger partial charge in [0.15, 0.2) is 5.13 Å². The molecule has 1 saturated heterocycles. The van der Waals surface area contributed by atoms with Crippen molar-refractivity contribution in [2.24, 2.45) is 0 Å². The number of nitrogens with zero attached hydrogens (tertiary/aromatic N) is 4. The molecule has 8 nitrogen and oxygen atoms in total. The summed E-state index contributed by atoms with van der Waals surface area (Å²) in [4.78, 5) is 22.8. The maximum absolute atomic E-state index is 14.0. The summed E-state index contributed by atoms with van der Waals surface area (Å²) in [5.74, 6) is 0.508. The van der Waals surface area contributed by atoms with Crippen LogP contribution in [0.1, 0.15) is 33.6 Å². The molecule has 2 aromatic carbocycles. The smallest absolute Gasteiger partial charge is 0.247 e. The number of hydrogen-bond donors (Lipinski definition) is 0. The fourth-order valence-electron chi connectivity index (χ4n) is 4.54. The topological polar surface area (TPSA) is 83.1 Å². The van der Waals surface area contributed by atoms with Crippen molar-refractivity contribution in [3.63, 3.8) is 0 Å². The van der Waals surface area contributed by atoms with Crippen molar-refractivity contribution in [2.45, 2.75) is 44.6 Å². The summed E-state index contributed by atoms with van der Waals surface area (Å²) in [6, 6.07) is 11.0. The number of carbonyl (C=O) groups excluding carboxylic acids is 1. The van der Waals surface area contributed by atoms with Gasteiger partial charge in [-0.1, -0.05) is 36.8 Å². The fraction of sp³-hybridized carbons (Fsp3) is 0.462. The van der Waals surface area contributed by atoms with E-state index in [2.05, 4.69) is 18.7 Å². The number of sulfonamides is 1. The lowest BCUT2D eigenvalue weighted by Crippen LogP contribution is -2.49. The lowest BCUT2D eigenvalue weighted by atomic mass is 10.2. The minimum Gasteiger partial charge on any atom is -0.494 e. The van der Waals surface area contributed by atoms with Crippen molar-refractivity contribution in [3.05, 3.63) is 47.5 Å². The van der Waals surface area contributed by atoms with E-state index < -0.39 is 16.1 Å². The Kier molecular flexibility index (Phi) is 9.07. The zero-order valence-electron chi connectivity index (χ0n) is 21.4. The standard InChI is InChI=1S/C26H33ClN4O4S2/c1-4-29(5-2)16-17-30(26-28-22-14-11-20(35-6-3)18-24(22)36-26)25(32)23-8-7-15-31(23)37(33,34)21-12-9-19(27)10-13-21/h9-14,18,23H,4-8,15-17H2,1-3H3. The van der Waals surface area contributed by atoms with Crippen LogP contribution in [-0.2, 0) is 14.8 Å². The van der Waals surface area contributed by atoms with Gasteiger partial charge in [0.25, 0.3) is 0 Å². The number of rotatable bonds is 11. The van der Waals surface area contributed by atoms with Gasteiger partial charge in [0, 0.05) is 24.7 Å². The molecule has 2 heterocycles. The second kappa shape index (κ2) is 12.1. The monoisotopic (exact) mass is 564 g/mol. The summed E-state index contributed by atoms with van der Waals surface area (Å²) in [6.45, 7) is 9.75. The highest BCUT2D eigenvalue weighted by atomic mass is 35.5. The van der Waals surface area contributed by atoms with Crippen LogP contribution in [0.3, 0.4) is 0 Å². The van der Waals surface area contributed by atoms with Crippen LogP contribution in [0.4, 0.5) is 5.13 Å². The van der Waals surface area contributed by atoms with Gasteiger partial charge < -0.3 is 9.64 Å². The van der Waals surface area contributed by atoms with Gasteiger partial charge in [-0.3, -0.25) is 9.69 Å². The molecule has 0 saturated carbocycles. The highest BCUT2D eigenvalue weighted by molar-refractivity contribution is 7.89. The Morgan fingerprint density at radius 2 is 1.86 bits per heavy atom. The quantitative estimate of drug-likeness (QED) is 0.330. The molecular weight excluding hydrogens is 532 g/mol. The molecule has 3 aromatic rings. The first kappa shape index (κ1) is 27.8. The first-order valence-corrected chi connectivity index (χ1v) is 15.3. The summed E-state index contributed by atoms with van der Waals surface area (Å²) < 4.78 is 34.9. The average Bonchev–Trinajstić information content (AvgIpc) is 3.54. The van der Waals surface area contributed by atoms with E-state index >= 15 is 0 Å². The Hall–Kier alpha value is -2.24. The number of ether oxygens (including phenoxy) is 1. The molecule has 1 aliphatic rings. The number of carbonyl (C=O) groups is 1. The number of fused-ring (bicyclic) bond motifs is 1. The van der Waals surface area contributed by atoms with Crippen LogP contribution in [-0.4, -0.2) is 73.9 Å². The third-order valence-corrected chi connectivity index (χ3v) is 9.82. The third-order valence-electron chi connectivity index (χ3n) is 6.60. The average molecular weight is 565 g/mol. The highest BCUT2D eigenvalue weighted by Crippen LogP contribution is 2.34. The number of likely N-dealkylation sites (N-methyl/N-ethyl adjacent to an activating group) is 1. The first-order valence-electron chi connectivity index (χ1n) is 12.6. The molecule has 0 bridgehead atoms. The van der Waals surface area contributed by atoms with Gasteiger partial charge in [0.1, 0.15) is 11.8 Å². The molecule has 1 atom stereocenters. The van der Waals surface area contributed by atoms with Gasteiger partial charge in [-0.2, -0.15) is 4.31 Å². The van der Waals surface area contributed by atoms with E-state index in [4.69, 9.17) is 21.3 Å². The van der Waals surface area contributed by atoms with Crippen LogP contribution in [0.25, 0.3) is 10.2 Å². The molecule has 0 spiro atoms. The minimum atomic E-state index is -3.86. The molecule has 37 heavy (non-hydrogen) atoms. The van der Waals surface area contributed by atoms with Crippen molar-refractivity contribution in [1.82, 2.24) is 14.2 Å². The second-order valence-corrected chi connectivity index (χ2v) is 12.1. The molecule has 200 valence electrons. The van der Waals surface area contributed by atoms with Crippen LogP contribution in [0.2, 0.25) is 5.02 Å². The van der Waals surface area contributed by atoms with Gasteiger partial charge in [0.2, 0.25) is 15.9 Å². The van der Waals surface area contributed by atoms with Crippen LogP contribution in [0.5, 0.6) is 5.75 Å². The van der Waals surface area contributed by atoms with Crippen LogP contribution >= 0.6 is 22.9 Å². The minimum absolute atomic E-state index is 0.134. The molecule has 11 heteroatoms. The Morgan fingerprint density at radius 1 is 1.14 bits per heavy atom. The lowest BCUT2D eigenvalue weighted by Gasteiger charge is -2.30. The zero-order chi connectivity index (χ0) is 26.6. The van der Waals surface area contributed by atoms with E-state index in [1.165, 1.54) is 27.8 Å². The molecule has 0 radical (unpaired) electrons.